The minimum atomic E-state index is -0.773. The molecule has 0 aliphatic rings. The predicted molar refractivity (Wildman–Crippen MR) is 62.2 cm³/mol. The van der Waals surface area contributed by atoms with Crippen LogP contribution in [0.4, 0.5) is 5.82 Å². The average Bonchev–Trinajstić information content (AvgIpc) is 2.27. The molecule has 0 radical (unpaired) electrons. The van der Waals surface area contributed by atoms with Gasteiger partial charge in [0.25, 0.3) is 0 Å². The number of anilines is 1. The maximum absolute atomic E-state index is 10.3. The number of aromatic nitrogens is 1. The van der Waals surface area contributed by atoms with Crippen molar-refractivity contribution in [2.75, 3.05) is 11.9 Å². The summed E-state index contributed by atoms with van der Waals surface area (Å²) in [4.78, 5) is 14.4. The lowest BCUT2D eigenvalue weighted by molar-refractivity contribution is -0.137. The Hall–Kier alpha value is -1.62. The van der Waals surface area contributed by atoms with Crippen molar-refractivity contribution in [1.82, 2.24) is 4.98 Å². The molecule has 1 heterocycles. The fourth-order valence-corrected chi connectivity index (χ4v) is 1.32. The average molecular weight is 223 g/mol. The lowest BCUT2D eigenvalue weighted by Crippen LogP contribution is -2.29. The molecular formula is C11H17N3O2. The van der Waals surface area contributed by atoms with Crippen LogP contribution in [0.25, 0.3) is 0 Å². The van der Waals surface area contributed by atoms with Crippen molar-refractivity contribution in [3.63, 3.8) is 0 Å². The van der Waals surface area contributed by atoms with Crippen molar-refractivity contribution in [3.05, 3.63) is 24.4 Å². The number of rotatable bonds is 7. The highest BCUT2D eigenvalue weighted by Gasteiger charge is 2.04. The molecule has 0 amide bonds. The van der Waals surface area contributed by atoms with E-state index < -0.39 is 5.97 Å². The molecule has 88 valence electrons. The zero-order valence-corrected chi connectivity index (χ0v) is 9.10. The Balaban J connectivity index is 2.15. The van der Waals surface area contributed by atoms with E-state index in [0.717, 1.165) is 5.82 Å². The van der Waals surface area contributed by atoms with Gasteiger partial charge in [0.1, 0.15) is 5.82 Å². The van der Waals surface area contributed by atoms with Crippen molar-refractivity contribution >= 4 is 11.8 Å². The summed E-state index contributed by atoms with van der Waals surface area (Å²) in [6, 6.07) is 5.56. The topological polar surface area (TPSA) is 88.2 Å². The quantitative estimate of drug-likeness (QED) is 0.643. The van der Waals surface area contributed by atoms with Gasteiger partial charge in [0.05, 0.1) is 0 Å². The molecule has 0 aliphatic carbocycles. The normalized spacial score (nSPS) is 12.1. The summed E-state index contributed by atoms with van der Waals surface area (Å²) in [6.45, 7) is 0.608. The van der Waals surface area contributed by atoms with Crippen LogP contribution in [-0.4, -0.2) is 28.6 Å². The molecule has 1 rings (SSSR count). The monoisotopic (exact) mass is 223 g/mol. The second kappa shape index (κ2) is 6.79. The fraction of sp³-hybridized carbons (Fsp3) is 0.455. The Labute approximate surface area is 94.7 Å². The van der Waals surface area contributed by atoms with Gasteiger partial charge in [0.2, 0.25) is 0 Å². The molecule has 0 saturated carbocycles. The molecular weight excluding hydrogens is 206 g/mol. The highest BCUT2D eigenvalue weighted by Crippen LogP contribution is 2.02. The third-order valence-electron chi connectivity index (χ3n) is 2.18. The SMILES string of the molecule is NC(CCCC(=O)O)CNc1ccccn1. The number of aliphatic carboxylic acids is 1. The van der Waals surface area contributed by atoms with Gasteiger partial charge in [0.15, 0.2) is 0 Å². The van der Waals surface area contributed by atoms with Crippen molar-refractivity contribution in [2.24, 2.45) is 5.73 Å². The van der Waals surface area contributed by atoms with E-state index in [4.69, 9.17) is 10.8 Å². The molecule has 4 N–H and O–H groups in total. The number of carboxylic acids is 1. The first-order valence-electron chi connectivity index (χ1n) is 5.31. The van der Waals surface area contributed by atoms with Crippen molar-refractivity contribution in [1.29, 1.82) is 0 Å². The minimum absolute atomic E-state index is 0.0404. The van der Waals surface area contributed by atoms with E-state index >= 15 is 0 Å². The van der Waals surface area contributed by atoms with Crippen LogP contribution < -0.4 is 11.1 Å². The smallest absolute Gasteiger partial charge is 0.303 e. The van der Waals surface area contributed by atoms with Gasteiger partial charge in [-0.2, -0.15) is 0 Å². The van der Waals surface area contributed by atoms with Crippen LogP contribution in [0.2, 0.25) is 0 Å². The number of carboxylic acid groups (broad SMARTS) is 1. The second-order valence-corrected chi connectivity index (χ2v) is 3.64. The van der Waals surface area contributed by atoms with Gasteiger partial charge < -0.3 is 16.2 Å². The molecule has 0 bridgehead atoms. The fourth-order valence-electron chi connectivity index (χ4n) is 1.32. The number of nitrogens with zero attached hydrogens (tertiary/aromatic N) is 1. The van der Waals surface area contributed by atoms with Gasteiger partial charge in [-0.25, -0.2) is 4.98 Å². The van der Waals surface area contributed by atoms with Gasteiger partial charge in [0, 0.05) is 25.2 Å². The van der Waals surface area contributed by atoms with Crippen LogP contribution in [0, 0.1) is 0 Å². The summed E-state index contributed by atoms with van der Waals surface area (Å²) in [5, 5.41) is 11.6. The molecule has 16 heavy (non-hydrogen) atoms. The van der Waals surface area contributed by atoms with Gasteiger partial charge in [-0.1, -0.05) is 6.07 Å². The van der Waals surface area contributed by atoms with E-state index in [9.17, 15) is 4.79 Å². The zero-order chi connectivity index (χ0) is 11.8. The highest BCUT2D eigenvalue weighted by atomic mass is 16.4. The Morgan fingerprint density at radius 3 is 3.00 bits per heavy atom. The minimum Gasteiger partial charge on any atom is -0.481 e. The van der Waals surface area contributed by atoms with Crippen LogP contribution in [-0.2, 0) is 4.79 Å². The molecule has 0 aliphatic heterocycles. The molecule has 0 saturated heterocycles. The summed E-state index contributed by atoms with van der Waals surface area (Å²) >= 11 is 0. The zero-order valence-electron chi connectivity index (χ0n) is 9.10. The lowest BCUT2D eigenvalue weighted by Gasteiger charge is -2.12. The highest BCUT2D eigenvalue weighted by molar-refractivity contribution is 5.66. The first-order chi connectivity index (χ1) is 7.68. The summed E-state index contributed by atoms with van der Waals surface area (Å²) in [5.74, 6) is 0.0149. The number of pyridine rings is 1. The Bertz CT molecular complexity index is 316. The third kappa shape index (κ3) is 5.31. The van der Waals surface area contributed by atoms with Crippen LogP contribution in [0.3, 0.4) is 0 Å². The van der Waals surface area contributed by atoms with Gasteiger partial charge in [-0.15, -0.1) is 0 Å². The molecule has 1 unspecified atom stereocenters. The van der Waals surface area contributed by atoms with Crippen molar-refractivity contribution in [2.45, 2.75) is 25.3 Å². The lowest BCUT2D eigenvalue weighted by atomic mass is 10.1. The number of nitrogens with two attached hydrogens (primary N) is 1. The summed E-state index contributed by atoms with van der Waals surface area (Å²) < 4.78 is 0. The van der Waals surface area contributed by atoms with Crippen molar-refractivity contribution in [3.8, 4) is 0 Å². The Morgan fingerprint density at radius 1 is 1.56 bits per heavy atom. The number of hydrogen-bond donors (Lipinski definition) is 3. The summed E-state index contributed by atoms with van der Waals surface area (Å²) in [7, 11) is 0. The van der Waals surface area contributed by atoms with Crippen LogP contribution >= 0.6 is 0 Å². The largest absolute Gasteiger partial charge is 0.481 e. The molecule has 5 nitrogen and oxygen atoms in total. The molecule has 5 heteroatoms. The molecule has 0 aromatic carbocycles. The van der Waals surface area contributed by atoms with Gasteiger partial charge >= 0.3 is 5.97 Å². The van der Waals surface area contributed by atoms with E-state index in [-0.39, 0.29) is 12.5 Å². The summed E-state index contributed by atoms with van der Waals surface area (Å²) in [5.41, 5.74) is 5.82. The van der Waals surface area contributed by atoms with Crippen LogP contribution in [0.5, 0.6) is 0 Å². The van der Waals surface area contributed by atoms with Gasteiger partial charge in [-0.05, 0) is 25.0 Å². The first kappa shape index (κ1) is 12.4. The Morgan fingerprint density at radius 2 is 2.38 bits per heavy atom. The van der Waals surface area contributed by atoms with E-state index in [1.165, 1.54) is 0 Å². The van der Waals surface area contributed by atoms with Crippen LogP contribution in [0.15, 0.2) is 24.4 Å². The van der Waals surface area contributed by atoms with E-state index in [2.05, 4.69) is 10.3 Å². The van der Waals surface area contributed by atoms with E-state index in [1.54, 1.807) is 6.20 Å². The van der Waals surface area contributed by atoms with Crippen LogP contribution in [0.1, 0.15) is 19.3 Å². The number of hydrogen-bond acceptors (Lipinski definition) is 4. The van der Waals surface area contributed by atoms with Gasteiger partial charge in [-0.3, -0.25) is 4.79 Å². The first-order valence-corrected chi connectivity index (χ1v) is 5.31. The molecule has 1 aromatic rings. The summed E-state index contributed by atoms with van der Waals surface area (Å²) in [6.07, 6.45) is 3.20. The molecule has 0 spiro atoms. The standard InChI is InChI=1S/C11H17N3O2/c12-9(4-3-6-11(15)16)8-14-10-5-1-2-7-13-10/h1-2,5,7,9H,3-4,6,8,12H2,(H,13,14)(H,15,16). The molecule has 1 atom stereocenters. The number of carbonyl (C=O) groups is 1. The Kier molecular flexibility index (Phi) is 5.28. The number of nitrogens with one attached hydrogen (secondary N) is 1. The second-order valence-electron chi connectivity index (χ2n) is 3.64. The van der Waals surface area contributed by atoms with Crippen molar-refractivity contribution < 1.29 is 9.90 Å². The molecule has 0 fully saturated rings. The third-order valence-corrected chi connectivity index (χ3v) is 2.18. The van der Waals surface area contributed by atoms with E-state index in [0.29, 0.717) is 19.4 Å². The van der Waals surface area contributed by atoms with E-state index in [1.807, 2.05) is 18.2 Å². The molecule has 1 aromatic heterocycles. The predicted octanol–water partition coefficient (Wildman–Crippen LogP) is 1.08. The maximum Gasteiger partial charge on any atom is 0.303 e. The maximum atomic E-state index is 10.3.